The van der Waals surface area contributed by atoms with E-state index in [1.165, 1.54) is 16.7 Å². The Balaban J connectivity index is 0.967. The Morgan fingerprint density at radius 3 is 2.44 bits per heavy atom. The first-order chi connectivity index (χ1) is 25.4. The van der Waals surface area contributed by atoms with E-state index in [4.69, 9.17) is 13.9 Å². The summed E-state index contributed by atoms with van der Waals surface area (Å²) in [7, 11) is 0. The number of hydrogen-bond acceptors (Lipinski definition) is 9. The Hall–Kier alpha value is -6.66. The highest BCUT2D eigenvalue weighted by molar-refractivity contribution is 8.00. The number of anilines is 2. The van der Waals surface area contributed by atoms with Crippen molar-refractivity contribution in [2.24, 2.45) is 0 Å². The summed E-state index contributed by atoms with van der Waals surface area (Å²) < 4.78 is 16.7. The number of carbonyl (C=O) groups is 4. The number of carbonyl (C=O) groups excluding carboxylic acids is 4. The number of rotatable bonds is 9. The van der Waals surface area contributed by atoms with Gasteiger partial charge in [-0.25, -0.2) is 9.88 Å². The Morgan fingerprint density at radius 1 is 0.827 bits per heavy atom. The van der Waals surface area contributed by atoms with Gasteiger partial charge in [0.05, 0.1) is 10.9 Å². The molecule has 52 heavy (non-hydrogen) atoms. The van der Waals surface area contributed by atoms with Crippen LogP contribution in [0, 0.1) is 0 Å². The zero-order valence-corrected chi connectivity index (χ0v) is 28.1. The first-order valence-corrected chi connectivity index (χ1v) is 17.1. The molecular formula is C40H28N4O7S. The molecule has 0 spiro atoms. The molecule has 2 aliphatic rings. The average Bonchev–Trinajstić information content (AvgIpc) is 3.89. The molecule has 0 bridgehead atoms. The molecule has 4 amide bonds. The lowest BCUT2D eigenvalue weighted by Crippen LogP contribution is -2.31. The van der Waals surface area contributed by atoms with E-state index in [9.17, 15) is 19.2 Å². The predicted octanol–water partition coefficient (Wildman–Crippen LogP) is 7.06. The number of imide groups is 1. The second-order valence-corrected chi connectivity index (χ2v) is 13.2. The van der Waals surface area contributed by atoms with E-state index in [1.54, 1.807) is 103 Å². The molecule has 2 N–H and O–H groups in total. The van der Waals surface area contributed by atoms with Crippen LogP contribution < -0.4 is 25.0 Å². The van der Waals surface area contributed by atoms with Crippen LogP contribution in [0.5, 0.6) is 11.5 Å². The van der Waals surface area contributed by atoms with E-state index in [0.717, 1.165) is 11.1 Å². The summed E-state index contributed by atoms with van der Waals surface area (Å²) in [6, 6.07) is 35.1. The van der Waals surface area contributed by atoms with Crippen molar-refractivity contribution in [1.82, 2.24) is 10.3 Å². The number of benzene rings is 5. The minimum Gasteiger partial charge on any atom is -0.454 e. The normalized spacial score (nSPS) is 15.3. The van der Waals surface area contributed by atoms with Crippen molar-refractivity contribution in [1.29, 1.82) is 0 Å². The highest BCUT2D eigenvalue weighted by atomic mass is 32.2. The van der Waals surface area contributed by atoms with Crippen LogP contribution in [0.2, 0.25) is 0 Å². The van der Waals surface area contributed by atoms with Crippen molar-refractivity contribution < 1.29 is 33.1 Å². The molecule has 8 rings (SSSR count). The SMILES string of the molecule is O=C(Nc1cccc(S[C@H]2CC(=O)N(c3ccc(-c4nc5ccccc5o4)cc3)C2=O)c1)/C(=C/c1ccc2c(c1)OCO2)NC(=O)c1ccccc1. The van der Waals surface area contributed by atoms with Crippen molar-refractivity contribution in [3.05, 3.63) is 138 Å². The quantitative estimate of drug-likeness (QED) is 0.119. The number of hydrogen-bond donors (Lipinski definition) is 2. The summed E-state index contributed by atoms with van der Waals surface area (Å²) in [4.78, 5) is 59.8. The number of thioether (sulfide) groups is 1. The van der Waals surface area contributed by atoms with Crippen molar-refractivity contribution in [2.75, 3.05) is 17.0 Å². The van der Waals surface area contributed by atoms with Crippen LogP contribution in [0.25, 0.3) is 28.6 Å². The van der Waals surface area contributed by atoms with E-state index in [-0.39, 0.29) is 30.7 Å². The van der Waals surface area contributed by atoms with Gasteiger partial charge in [-0.15, -0.1) is 11.8 Å². The number of nitrogens with one attached hydrogen (secondary N) is 2. The summed E-state index contributed by atoms with van der Waals surface area (Å²) in [5, 5.41) is 4.92. The average molecular weight is 709 g/mol. The molecule has 256 valence electrons. The van der Waals surface area contributed by atoms with Crippen molar-refractivity contribution in [3.63, 3.8) is 0 Å². The molecule has 3 heterocycles. The Morgan fingerprint density at radius 2 is 1.62 bits per heavy atom. The summed E-state index contributed by atoms with van der Waals surface area (Å²) in [5.41, 5.74) is 4.02. The zero-order chi connectivity index (χ0) is 35.6. The number of ether oxygens (including phenoxy) is 2. The molecular weight excluding hydrogens is 681 g/mol. The van der Waals surface area contributed by atoms with E-state index in [2.05, 4.69) is 15.6 Å². The molecule has 1 saturated heterocycles. The van der Waals surface area contributed by atoms with E-state index in [0.29, 0.717) is 50.4 Å². The summed E-state index contributed by atoms with van der Waals surface area (Å²) in [6.07, 6.45) is 1.56. The van der Waals surface area contributed by atoms with Gasteiger partial charge in [0.25, 0.3) is 11.8 Å². The Bertz CT molecular complexity index is 2360. The third-order valence-electron chi connectivity index (χ3n) is 8.38. The molecule has 1 atom stereocenters. The number of fused-ring (bicyclic) bond motifs is 2. The molecule has 0 aliphatic carbocycles. The van der Waals surface area contributed by atoms with Crippen LogP contribution in [-0.4, -0.2) is 40.7 Å². The van der Waals surface area contributed by atoms with Crippen LogP contribution in [0.4, 0.5) is 11.4 Å². The van der Waals surface area contributed by atoms with Gasteiger partial charge in [-0.1, -0.05) is 42.5 Å². The summed E-state index contributed by atoms with van der Waals surface area (Å²) in [5.74, 6) is -0.105. The number of amides is 4. The van der Waals surface area contributed by atoms with Crippen LogP contribution in [0.15, 0.2) is 136 Å². The maximum atomic E-state index is 13.7. The number of oxazole rings is 1. The second kappa shape index (κ2) is 13.9. The molecule has 0 saturated carbocycles. The highest BCUT2D eigenvalue weighted by Crippen LogP contribution is 2.36. The van der Waals surface area contributed by atoms with Crippen LogP contribution in [-0.2, 0) is 14.4 Å². The van der Waals surface area contributed by atoms with Crippen LogP contribution in [0.1, 0.15) is 22.3 Å². The number of aromatic nitrogens is 1. The topological polar surface area (TPSA) is 140 Å². The van der Waals surface area contributed by atoms with Crippen molar-refractivity contribution in [2.45, 2.75) is 16.6 Å². The van der Waals surface area contributed by atoms with Gasteiger partial charge in [-0.3, -0.25) is 19.2 Å². The molecule has 11 nitrogen and oxygen atoms in total. The fourth-order valence-electron chi connectivity index (χ4n) is 5.84. The fourth-order valence-corrected chi connectivity index (χ4v) is 6.95. The Labute approximate surface area is 301 Å². The smallest absolute Gasteiger partial charge is 0.272 e. The maximum Gasteiger partial charge on any atom is 0.272 e. The van der Waals surface area contributed by atoms with E-state index in [1.807, 2.05) is 24.3 Å². The van der Waals surface area contributed by atoms with Gasteiger partial charge in [0.15, 0.2) is 17.1 Å². The van der Waals surface area contributed by atoms with Crippen LogP contribution >= 0.6 is 11.8 Å². The lowest BCUT2D eigenvalue weighted by Gasteiger charge is -2.15. The monoisotopic (exact) mass is 708 g/mol. The van der Waals surface area contributed by atoms with Crippen molar-refractivity contribution >= 4 is 63.9 Å². The van der Waals surface area contributed by atoms with Gasteiger partial charge in [0.2, 0.25) is 24.5 Å². The molecule has 12 heteroatoms. The standard InChI is InChI=1S/C40H28N4O7S/c45-36-22-35(40(48)44(36)28-16-14-26(15-17-28)39-43-30-11-4-5-12-32(30)51-39)52-29-10-6-9-27(21-29)41-38(47)31(42-37(46)25-7-2-1-3-8-25)19-24-13-18-33-34(20-24)50-23-49-33/h1-21,35H,22-23H2,(H,41,47)(H,42,46)/b31-19-/t35-/m0/s1. The van der Waals surface area contributed by atoms with Crippen molar-refractivity contribution in [3.8, 4) is 23.0 Å². The molecule has 1 fully saturated rings. The number of nitrogens with zero attached hydrogens (tertiary/aromatic N) is 2. The molecule has 6 aromatic rings. The first-order valence-electron chi connectivity index (χ1n) is 16.3. The molecule has 2 aliphatic heterocycles. The fraction of sp³-hybridized carbons (Fsp3) is 0.0750. The Kier molecular flexibility index (Phi) is 8.71. The lowest BCUT2D eigenvalue weighted by molar-refractivity contribution is -0.121. The molecule has 1 aromatic heterocycles. The lowest BCUT2D eigenvalue weighted by atomic mass is 10.1. The zero-order valence-electron chi connectivity index (χ0n) is 27.3. The number of para-hydroxylation sites is 2. The van der Waals surface area contributed by atoms with Gasteiger partial charge in [-0.05, 0) is 90.5 Å². The van der Waals surface area contributed by atoms with Crippen LogP contribution in [0.3, 0.4) is 0 Å². The maximum absolute atomic E-state index is 13.7. The minimum atomic E-state index is -0.665. The minimum absolute atomic E-state index is 0.0000977. The van der Waals surface area contributed by atoms with E-state index >= 15 is 0 Å². The second-order valence-electron chi connectivity index (χ2n) is 11.9. The van der Waals surface area contributed by atoms with Gasteiger partial charge in [0.1, 0.15) is 11.2 Å². The van der Waals surface area contributed by atoms with Gasteiger partial charge < -0.3 is 24.5 Å². The molecule has 5 aromatic carbocycles. The highest BCUT2D eigenvalue weighted by Gasteiger charge is 2.40. The third-order valence-corrected chi connectivity index (χ3v) is 9.56. The predicted molar refractivity (Wildman–Crippen MR) is 196 cm³/mol. The first kappa shape index (κ1) is 32.5. The molecule has 0 radical (unpaired) electrons. The molecule has 0 unspecified atom stereocenters. The van der Waals surface area contributed by atoms with Gasteiger partial charge in [0, 0.05) is 28.1 Å². The summed E-state index contributed by atoms with van der Waals surface area (Å²) >= 11 is 1.24. The third kappa shape index (κ3) is 6.74. The summed E-state index contributed by atoms with van der Waals surface area (Å²) in [6.45, 7) is 0.100. The van der Waals surface area contributed by atoms with E-state index < -0.39 is 17.1 Å². The van der Waals surface area contributed by atoms with Gasteiger partial charge in [-0.2, -0.15) is 0 Å². The van der Waals surface area contributed by atoms with Gasteiger partial charge >= 0.3 is 0 Å². The largest absolute Gasteiger partial charge is 0.454 e.